The topological polar surface area (TPSA) is 9.23 Å². The average molecular weight is 137 g/mol. The van der Waals surface area contributed by atoms with Crippen molar-refractivity contribution in [2.75, 3.05) is 13.7 Å². The fourth-order valence-electron chi connectivity index (χ4n) is 0.509. The summed E-state index contributed by atoms with van der Waals surface area (Å²) in [5.41, 5.74) is 0. The van der Waals surface area contributed by atoms with Crippen LogP contribution in [0.4, 0.5) is 0 Å². The van der Waals surface area contributed by atoms with Gasteiger partial charge in [0.1, 0.15) is 0 Å². The average Bonchev–Trinajstić information content (AvgIpc) is 1.66. The zero-order valence-corrected chi connectivity index (χ0v) is 6.24. The van der Waals surface area contributed by atoms with Crippen LogP contribution in [0.2, 0.25) is 0 Å². The number of rotatable bonds is 4. The molecule has 8 heavy (non-hydrogen) atoms. The van der Waals surface area contributed by atoms with Crippen molar-refractivity contribution in [1.82, 2.24) is 0 Å². The predicted octanol–water partition coefficient (Wildman–Crippen LogP) is 2.04. The highest BCUT2D eigenvalue weighted by molar-refractivity contribution is 6.20. The van der Waals surface area contributed by atoms with Crippen molar-refractivity contribution >= 4 is 11.6 Å². The van der Waals surface area contributed by atoms with E-state index in [0.29, 0.717) is 5.38 Å². The first kappa shape index (κ1) is 8.25. The summed E-state index contributed by atoms with van der Waals surface area (Å²) in [6, 6.07) is 0. The maximum Gasteiger partial charge on any atom is 0.0462 e. The number of hydrogen-bond donors (Lipinski definition) is 0. The van der Waals surface area contributed by atoms with E-state index in [2.05, 4.69) is 0 Å². The molecule has 0 rings (SSSR count). The maximum atomic E-state index is 5.66. The summed E-state index contributed by atoms with van der Waals surface area (Å²) in [5, 5.41) is 0.296. The molecule has 0 aromatic heterocycles. The Hall–Kier alpha value is 0.250. The van der Waals surface area contributed by atoms with E-state index in [1.807, 2.05) is 6.92 Å². The Bertz CT molecular complexity index is 45.8. The Morgan fingerprint density at radius 2 is 2.25 bits per heavy atom. The molecule has 0 N–H and O–H groups in total. The lowest BCUT2D eigenvalue weighted by Gasteiger charge is -1.99. The number of alkyl halides is 1. The van der Waals surface area contributed by atoms with Gasteiger partial charge in [-0.2, -0.15) is 0 Å². The fourth-order valence-corrected chi connectivity index (χ4v) is 0.663. The van der Waals surface area contributed by atoms with Gasteiger partial charge in [0, 0.05) is 19.1 Å². The highest BCUT2D eigenvalue weighted by Gasteiger charge is 1.93. The van der Waals surface area contributed by atoms with E-state index in [4.69, 9.17) is 16.3 Å². The van der Waals surface area contributed by atoms with Crippen LogP contribution in [0, 0.1) is 0 Å². The van der Waals surface area contributed by atoms with Gasteiger partial charge in [0.25, 0.3) is 0 Å². The molecule has 1 nitrogen and oxygen atoms in total. The highest BCUT2D eigenvalue weighted by Crippen LogP contribution is 2.02. The summed E-state index contributed by atoms with van der Waals surface area (Å²) < 4.78 is 4.83. The Labute approximate surface area is 56.0 Å². The number of hydrogen-bond acceptors (Lipinski definition) is 1. The van der Waals surface area contributed by atoms with Crippen molar-refractivity contribution in [2.24, 2.45) is 0 Å². The van der Waals surface area contributed by atoms with Crippen LogP contribution in [0.1, 0.15) is 19.8 Å². The standard InChI is InChI=1S/C6H13ClO/c1-6(7)4-3-5-8-2/h6H,3-5H2,1-2H3/t6-/m1/s1. The number of ether oxygens (including phenoxy) is 1. The zero-order valence-electron chi connectivity index (χ0n) is 5.48. The van der Waals surface area contributed by atoms with Crippen molar-refractivity contribution in [3.8, 4) is 0 Å². The number of halogens is 1. The molecular formula is C6H13ClO. The van der Waals surface area contributed by atoms with Crippen molar-refractivity contribution in [3.05, 3.63) is 0 Å². The van der Waals surface area contributed by atoms with E-state index < -0.39 is 0 Å². The highest BCUT2D eigenvalue weighted by atomic mass is 35.5. The normalized spacial score (nSPS) is 13.9. The molecule has 0 aliphatic heterocycles. The Morgan fingerprint density at radius 1 is 1.62 bits per heavy atom. The van der Waals surface area contributed by atoms with Crippen LogP contribution in [0.15, 0.2) is 0 Å². The van der Waals surface area contributed by atoms with Gasteiger partial charge in [0.05, 0.1) is 0 Å². The van der Waals surface area contributed by atoms with Crippen LogP contribution in [-0.4, -0.2) is 19.1 Å². The van der Waals surface area contributed by atoms with E-state index in [1.54, 1.807) is 7.11 Å². The third kappa shape index (κ3) is 6.25. The smallest absolute Gasteiger partial charge is 0.0462 e. The molecule has 0 spiro atoms. The van der Waals surface area contributed by atoms with Gasteiger partial charge in [-0.3, -0.25) is 0 Å². The third-order valence-corrected chi connectivity index (χ3v) is 1.17. The predicted molar refractivity (Wildman–Crippen MR) is 36.4 cm³/mol. The summed E-state index contributed by atoms with van der Waals surface area (Å²) in [6.07, 6.45) is 2.12. The second kappa shape index (κ2) is 5.39. The van der Waals surface area contributed by atoms with Gasteiger partial charge in [-0.15, -0.1) is 11.6 Å². The van der Waals surface area contributed by atoms with Crippen LogP contribution in [0.3, 0.4) is 0 Å². The first-order valence-electron chi connectivity index (χ1n) is 2.90. The number of methoxy groups -OCH3 is 1. The minimum absolute atomic E-state index is 0.296. The van der Waals surface area contributed by atoms with E-state index >= 15 is 0 Å². The van der Waals surface area contributed by atoms with Crippen LogP contribution >= 0.6 is 11.6 Å². The van der Waals surface area contributed by atoms with Gasteiger partial charge >= 0.3 is 0 Å². The van der Waals surface area contributed by atoms with Crippen molar-refractivity contribution < 1.29 is 4.74 Å². The summed E-state index contributed by atoms with van der Waals surface area (Å²) in [7, 11) is 1.71. The van der Waals surface area contributed by atoms with Gasteiger partial charge in [0.2, 0.25) is 0 Å². The summed E-state index contributed by atoms with van der Waals surface area (Å²) in [5.74, 6) is 0. The van der Waals surface area contributed by atoms with Crippen LogP contribution in [0.5, 0.6) is 0 Å². The van der Waals surface area contributed by atoms with Crippen molar-refractivity contribution in [2.45, 2.75) is 25.1 Å². The molecule has 0 radical (unpaired) electrons. The minimum atomic E-state index is 0.296. The second-order valence-corrected chi connectivity index (χ2v) is 2.66. The quantitative estimate of drug-likeness (QED) is 0.425. The zero-order chi connectivity index (χ0) is 6.41. The molecule has 0 bridgehead atoms. The van der Waals surface area contributed by atoms with Crippen LogP contribution in [0.25, 0.3) is 0 Å². The summed E-state index contributed by atoms with van der Waals surface area (Å²) >= 11 is 5.66. The lowest BCUT2D eigenvalue weighted by atomic mass is 10.3. The van der Waals surface area contributed by atoms with Crippen LogP contribution in [-0.2, 0) is 4.74 Å². The molecule has 0 aromatic carbocycles. The van der Waals surface area contributed by atoms with Crippen LogP contribution < -0.4 is 0 Å². The van der Waals surface area contributed by atoms with Gasteiger partial charge in [0.15, 0.2) is 0 Å². The third-order valence-electron chi connectivity index (χ3n) is 0.950. The van der Waals surface area contributed by atoms with Gasteiger partial charge in [-0.1, -0.05) is 0 Å². The molecule has 0 fully saturated rings. The van der Waals surface area contributed by atoms with E-state index in [0.717, 1.165) is 19.4 Å². The lowest BCUT2D eigenvalue weighted by Crippen LogP contribution is -1.94. The largest absolute Gasteiger partial charge is 0.385 e. The molecule has 0 heterocycles. The molecule has 0 saturated carbocycles. The van der Waals surface area contributed by atoms with E-state index in [-0.39, 0.29) is 0 Å². The Morgan fingerprint density at radius 3 is 2.62 bits per heavy atom. The lowest BCUT2D eigenvalue weighted by molar-refractivity contribution is 0.193. The molecular weight excluding hydrogens is 124 g/mol. The minimum Gasteiger partial charge on any atom is -0.385 e. The molecule has 1 atom stereocenters. The molecule has 0 aliphatic carbocycles. The van der Waals surface area contributed by atoms with Gasteiger partial charge in [-0.25, -0.2) is 0 Å². The van der Waals surface area contributed by atoms with E-state index in [9.17, 15) is 0 Å². The Balaban J connectivity index is 2.72. The molecule has 0 aliphatic rings. The first-order chi connectivity index (χ1) is 3.77. The van der Waals surface area contributed by atoms with E-state index in [1.165, 1.54) is 0 Å². The van der Waals surface area contributed by atoms with Gasteiger partial charge < -0.3 is 4.74 Å². The fraction of sp³-hybridized carbons (Fsp3) is 1.00. The molecule has 0 saturated heterocycles. The molecule has 50 valence electrons. The summed E-state index contributed by atoms with van der Waals surface area (Å²) in [6.45, 7) is 2.83. The second-order valence-electron chi connectivity index (χ2n) is 1.92. The summed E-state index contributed by atoms with van der Waals surface area (Å²) in [4.78, 5) is 0. The van der Waals surface area contributed by atoms with Crippen molar-refractivity contribution in [1.29, 1.82) is 0 Å². The molecule has 2 heteroatoms. The first-order valence-corrected chi connectivity index (χ1v) is 3.34. The van der Waals surface area contributed by atoms with Crippen molar-refractivity contribution in [3.63, 3.8) is 0 Å². The molecule has 0 aromatic rings. The monoisotopic (exact) mass is 136 g/mol. The molecule has 0 unspecified atom stereocenters. The van der Waals surface area contributed by atoms with Gasteiger partial charge in [-0.05, 0) is 19.8 Å². The SMILES string of the molecule is COCCC[C@@H](C)Cl. The molecule has 0 amide bonds. The Kier molecular flexibility index (Phi) is 5.56. The maximum absolute atomic E-state index is 5.66.